The first-order valence-corrected chi connectivity index (χ1v) is 10.9. The lowest BCUT2D eigenvalue weighted by Crippen LogP contribution is -2.49. The zero-order valence-corrected chi connectivity index (χ0v) is 17.3. The highest BCUT2D eigenvalue weighted by Crippen LogP contribution is 2.36. The van der Waals surface area contributed by atoms with Gasteiger partial charge in [-0.25, -0.2) is 22.8 Å². The molecule has 0 spiro atoms. The van der Waals surface area contributed by atoms with Crippen LogP contribution in [-0.4, -0.2) is 48.9 Å². The molecule has 0 amide bonds. The molecule has 4 rings (SSSR count). The van der Waals surface area contributed by atoms with Crippen LogP contribution in [-0.2, 0) is 16.2 Å². The predicted octanol–water partition coefficient (Wildman–Crippen LogP) is 3.95. The minimum atomic E-state index is -4.78. The average Bonchev–Trinajstić information content (AvgIpc) is 2.73. The van der Waals surface area contributed by atoms with Gasteiger partial charge in [0, 0.05) is 26.2 Å². The second kappa shape index (κ2) is 7.88. The summed E-state index contributed by atoms with van der Waals surface area (Å²) in [6.07, 6.45) is -3.48. The standard InChI is InChI=1S/C19H15ClF4N4O2S/c20-14-5-4-12(10-13(14)19(22,23)24)31(29,30)28-8-6-27(7-9-28)18-17-15(21)2-1-3-16(17)25-11-26-18/h1-5,10-11H,6-9H2. The fraction of sp³-hybridized carbons (Fsp3) is 0.263. The molecule has 2 heterocycles. The predicted molar refractivity (Wildman–Crippen MR) is 107 cm³/mol. The summed E-state index contributed by atoms with van der Waals surface area (Å²) in [6, 6.07) is 6.96. The summed E-state index contributed by atoms with van der Waals surface area (Å²) in [5, 5.41) is -0.345. The maximum Gasteiger partial charge on any atom is 0.417 e. The maximum absolute atomic E-state index is 14.3. The Balaban J connectivity index is 1.58. The van der Waals surface area contributed by atoms with Gasteiger partial charge in [-0.2, -0.15) is 17.5 Å². The molecule has 1 saturated heterocycles. The summed E-state index contributed by atoms with van der Waals surface area (Å²) in [5.74, 6) is -0.157. The van der Waals surface area contributed by atoms with Gasteiger partial charge in [-0.15, -0.1) is 0 Å². The Bertz CT molecular complexity index is 1240. The molecule has 1 fully saturated rings. The normalized spacial score (nSPS) is 16.1. The number of alkyl halides is 3. The van der Waals surface area contributed by atoms with E-state index in [1.807, 2.05) is 0 Å². The molecule has 12 heteroatoms. The first kappa shape index (κ1) is 21.7. The van der Waals surface area contributed by atoms with Gasteiger partial charge in [-0.05, 0) is 30.3 Å². The Hall–Kier alpha value is -2.50. The van der Waals surface area contributed by atoms with Crippen LogP contribution in [0.15, 0.2) is 47.6 Å². The Labute approximate surface area is 180 Å². The van der Waals surface area contributed by atoms with E-state index in [0.29, 0.717) is 17.4 Å². The molecule has 0 unspecified atom stereocenters. The average molecular weight is 475 g/mol. The zero-order valence-electron chi connectivity index (χ0n) is 15.8. The van der Waals surface area contributed by atoms with Gasteiger partial charge in [0.15, 0.2) is 0 Å². The van der Waals surface area contributed by atoms with Gasteiger partial charge in [0.2, 0.25) is 10.0 Å². The third-order valence-electron chi connectivity index (χ3n) is 5.01. The summed E-state index contributed by atoms with van der Waals surface area (Å²) in [5.41, 5.74) is -0.794. The van der Waals surface area contributed by atoms with Gasteiger partial charge in [-0.3, -0.25) is 0 Å². The molecule has 1 aliphatic rings. The summed E-state index contributed by atoms with van der Waals surface area (Å²) in [4.78, 5) is 9.43. The molecule has 0 bridgehead atoms. The lowest BCUT2D eigenvalue weighted by molar-refractivity contribution is -0.137. The molecule has 0 aliphatic carbocycles. The Kier molecular flexibility index (Phi) is 5.52. The van der Waals surface area contributed by atoms with Crippen molar-refractivity contribution in [2.24, 2.45) is 0 Å². The van der Waals surface area contributed by atoms with Crippen molar-refractivity contribution in [1.82, 2.24) is 14.3 Å². The van der Waals surface area contributed by atoms with Gasteiger partial charge >= 0.3 is 6.18 Å². The monoisotopic (exact) mass is 474 g/mol. The number of nitrogens with zero attached hydrogens (tertiary/aromatic N) is 4. The van der Waals surface area contributed by atoms with Crippen LogP contribution in [0.5, 0.6) is 0 Å². The second-order valence-electron chi connectivity index (χ2n) is 6.86. The Morgan fingerprint density at radius 2 is 1.71 bits per heavy atom. The molecule has 6 nitrogen and oxygen atoms in total. The van der Waals surface area contributed by atoms with Crippen molar-refractivity contribution in [2.45, 2.75) is 11.1 Å². The number of benzene rings is 2. The zero-order chi connectivity index (χ0) is 22.4. The van der Waals surface area contributed by atoms with Crippen molar-refractivity contribution in [1.29, 1.82) is 0 Å². The van der Waals surface area contributed by atoms with Crippen molar-refractivity contribution in [2.75, 3.05) is 31.1 Å². The van der Waals surface area contributed by atoms with Crippen LogP contribution in [0.3, 0.4) is 0 Å². The van der Waals surface area contributed by atoms with Gasteiger partial charge < -0.3 is 4.90 Å². The molecule has 3 aromatic rings. The number of aromatic nitrogens is 2. The van der Waals surface area contributed by atoms with Gasteiger partial charge in [0.25, 0.3) is 0 Å². The minimum Gasteiger partial charge on any atom is -0.353 e. The fourth-order valence-electron chi connectivity index (χ4n) is 3.46. The third kappa shape index (κ3) is 4.04. The van der Waals surface area contributed by atoms with Crippen molar-refractivity contribution in [3.8, 4) is 0 Å². The minimum absolute atomic E-state index is 0.00768. The van der Waals surface area contributed by atoms with Gasteiger partial charge in [0.05, 0.1) is 26.4 Å². The number of fused-ring (bicyclic) bond motifs is 1. The van der Waals surface area contributed by atoms with Crippen molar-refractivity contribution in [3.05, 3.63) is 59.1 Å². The van der Waals surface area contributed by atoms with Gasteiger partial charge in [-0.1, -0.05) is 17.7 Å². The molecule has 164 valence electrons. The van der Waals surface area contributed by atoms with E-state index < -0.39 is 37.5 Å². The fourth-order valence-corrected chi connectivity index (χ4v) is 5.14. The lowest BCUT2D eigenvalue weighted by atomic mass is 10.2. The molecule has 1 aliphatic heterocycles. The first-order valence-electron chi connectivity index (χ1n) is 9.10. The maximum atomic E-state index is 14.3. The Morgan fingerprint density at radius 1 is 1.00 bits per heavy atom. The molecule has 2 aromatic carbocycles. The topological polar surface area (TPSA) is 66.4 Å². The van der Waals surface area contributed by atoms with Crippen LogP contribution in [0.1, 0.15) is 5.56 Å². The number of hydrogen-bond donors (Lipinski definition) is 0. The van der Waals surface area contributed by atoms with E-state index >= 15 is 0 Å². The molecule has 0 radical (unpaired) electrons. The van der Waals surface area contributed by atoms with Crippen molar-refractivity contribution in [3.63, 3.8) is 0 Å². The van der Waals surface area contributed by atoms with Crippen LogP contribution in [0.25, 0.3) is 10.9 Å². The lowest BCUT2D eigenvalue weighted by Gasteiger charge is -2.35. The SMILES string of the molecule is O=S(=O)(c1ccc(Cl)c(C(F)(F)F)c1)N1CCN(c2ncnc3cccc(F)c23)CC1. The number of anilines is 1. The number of sulfonamides is 1. The van der Waals surface area contributed by atoms with Crippen molar-refractivity contribution >= 4 is 38.3 Å². The number of hydrogen-bond acceptors (Lipinski definition) is 5. The molecule has 0 atom stereocenters. The van der Waals surface area contributed by atoms with Crippen LogP contribution < -0.4 is 4.90 Å². The molecule has 0 N–H and O–H groups in total. The second-order valence-corrected chi connectivity index (χ2v) is 9.21. The number of rotatable bonds is 3. The third-order valence-corrected chi connectivity index (χ3v) is 7.24. The van der Waals surface area contributed by atoms with Crippen LogP contribution in [0.2, 0.25) is 5.02 Å². The van der Waals surface area contributed by atoms with Crippen LogP contribution >= 0.6 is 11.6 Å². The van der Waals surface area contributed by atoms with E-state index in [0.717, 1.165) is 16.4 Å². The number of piperazine rings is 1. The molecular formula is C19H15ClF4N4O2S. The Morgan fingerprint density at radius 3 is 2.39 bits per heavy atom. The van der Waals surface area contributed by atoms with Gasteiger partial charge in [0.1, 0.15) is 18.0 Å². The van der Waals surface area contributed by atoms with Crippen molar-refractivity contribution < 1.29 is 26.0 Å². The summed E-state index contributed by atoms with van der Waals surface area (Å²) >= 11 is 5.59. The van der Waals surface area contributed by atoms with Crippen LogP contribution in [0, 0.1) is 5.82 Å². The van der Waals surface area contributed by atoms with E-state index in [1.165, 1.54) is 18.5 Å². The van der Waals surface area contributed by atoms with E-state index in [2.05, 4.69) is 9.97 Å². The highest BCUT2D eigenvalue weighted by molar-refractivity contribution is 7.89. The van der Waals surface area contributed by atoms with Crippen LogP contribution in [0.4, 0.5) is 23.4 Å². The van der Waals surface area contributed by atoms with E-state index in [4.69, 9.17) is 11.6 Å². The summed E-state index contributed by atoms with van der Waals surface area (Å²) < 4.78 is 80.6. The first-order chi connectivity index (χ1) is 14.6. The highest BCUT2D eigenvalue weighted by Gasteiger charge is 2.36. The summed E-state index contributed by atoms with van der Waals surface area (Å²) in [6.45, 7) is 0.345. The quantitative estimate of drug-likeness (QED) is 0.538. The van der Waals surface area contributed by atoms with E-state index in [9.17, 15) is 26.0 Å². The molecular weight excluding hydrogens is 460 g/mol. The van der Waals surface area contributed by atoms with E-state index in [-0.39, 0.29) is 31.6 Å². The molecule has 1 aromatic heterocycles. The molecule has 0 saturated carbocycles. The van der Waals surface area contributed by atoms with E-state index in [1.54, 1.807) is 11.0 Å². The largest absolute Gasteiger partial charge is 0.417 e. The highest BCUT2D eigenvalue weighted by atomic mass is 35.5. The summed E-state index contributed by atoms with van der Waals surface area (Å²) in [7, 11) is -4.18. The molecule has 31 heavy (non-hydrogen) atoms. The smallest absolute Gasteiger partial charge is 0.353 e. The number of halogens is 5.